The van der Waals surface area contributed by atoms with Crippen LogP contribution in [0.15, 0.2) is 0 Å². The number of rotatable bonds is 36. The second-order valence-corrected chi connectivity index (χ2v) is 14.8. The summed E-state index contributed by atoms with van der Waals surface area (Å²) in [5, 5.41) is 11.1. The zero-order valence-electron chi connectivity index (χ0n) is 31.2. The number of unbranched alkanes of at least 4 members (excludes halogenated alkanes) is 28. The van der Waals surface area contributed by atoms with Crippen molar-refractivity contribution in [2.45, 2.75) is 239 Å². The fraction of sp³-hybridized carbons (Fsp3) is 0.951. The van der Waals surface area contributed by atoms with Gasteiger partial charge in [0.15, 0.2) is 0 Å². The number of nitrogens with two attached hydrogens (primary N) is 1. The predicted molar refractivity (Wildman–Crippen MR) is 197 cm³/mol. The lowest BCUT2D eigenvalue weighted by Gasteiger charge is -2.39. The van der Waals surface area contributed by atoms with Gasteiger partial charge in [-0.1, -0.05) is 194 Å². The quantitative estimate of drug-likeness (QED) is 0.0530. The van der Waals surface area contributed by atoms with E-state index >= 15 is 0 Å². The Hall–Kier alpha value is -0.740. The van der Waals surface area contributed by atoms with Gasteiger partial charge in [-0.05, 0) is 26.7 Å². The molecule has 0 aromatic carbocycles. The summed E-state index contributed by atoms with van der Waals surface area (Å²) in [5.41, 5.74) is 2.97. The third kappa shape index (κ3) is 22.5. The molecule has 1 atom stereocenters. The van der Waals surface area contributed by atoms with Crippen LogP contribution in [0.5, 0.6) is 0 Å². The highest BCUT2D eigenvalue weighted by molar-refractivity contribution is 6.08. The van der Waals surface area contributed by atoms with Crippen molar-refractivity contribution in [2.24, 2.45) is 11.1 Å². The number of aliphatic hydroxyl groups is 1. The fourth-order valence-corrected chi connectivity index (χ4v) is 6.77. The standard InChI is InChI=1S/C41H81NO3/c1-5-7-9-11-13-15-17-19-21-23-25-27-29-31-33-35-38(43)41(4,40(3,45)37-42)39(44)36-34-32-30-28-26-24-22-20-18-16-14-12-10-8-6-2/h45H,5-37,42H2,1-4H3. The Morgan fingerprint density at radius 3 is 0.822 bits per heavy atom. The molecule has 0 rings (SSSR count). The molecule has 0 spiro atoms. The number of Topliss-reactive ketones (excluding diaryl/α,β-unsaturated/α-hetero) is 2. The van der Waals surface area contributed by atoms with E-state index in [-0.39, 0.29) is 18.1 Å². The highest BCUT2D eigenvalue weighted by Gasteiger charge is 2.52. The molecule has 45 heavy (non-hydrogen) atoms. The number of carbonyl (C=O) groups is 2. The van der Waals surface area contributed by atoms with Crippen LogP contribution in [-0.4, -0.2) is 28.8 Å². The molecule has 0 aromatic heterocycles. The van der Waals surface area contributed by atoms with Crippen molar-refractivity contribution in [3.8, 4) is 0 Å². The van der Waals surface area contributed by atoms with Crippen molar-refractivity contribution in [1.29, 1.82) is 0 Å². The molecule has 0 aliphatic carbocycles. The maximum Gasteiger partial charge on any atom is 0.149 e. The molecular formula is C41H81NO3. The monoisotopic (exact) mass is 636 g/mol. The fourth-order valence-electron chi connectivity index (χ4n) is 6.77. The van der Waals surface area contributed by atoms with Gasteiger partial charge in [0, 0.05) is 19.4 Å². The van der Waals surface area contributed by atoms with Crippen LogP contribution in [-0.2, 0) is 9.59 Å². The van der Waals surface area contributed by atoms with Gasteiger partial charge in [-0.15, -0.1) is 0 Å². The Balaban J connectivity index is 4.05. The molecule has 0 aliphatic heterocycles. The maximum atomic E-state index is 13.4. The van der Waals surface area contributed by atoms with Crippen LogP contribution >= 0.6 is 0 Å². The molecule has 268 valence electrons. The average Bonchev–Trinajstić information content (AvgIpc) is 3.03. The van der Waals surface area contributed by atoms with E-state index in [4.69, 9.17) is 5.73 Å². The summed E-state index contributed by atoms with van der Waals surface area (Å²) in [5.74, 6) is -0.253. The molecule has 0 saturated heterocycles. The van der Waals surface area contributed by atoms with Crippen LogP contribution < -0.4 is 5.73 Å². The molecule has 1 unspecified atom stereocenters. The van der Waals surface area contributed by atoms with Crippen molar-refractivity contribution >= 4 is 11.6 Å². The van der Waals surface area contributed by atoms with Crippen LogP contribution in [0.2, 0.25) is 0 Å². The highest BCUT2D eigenvalue weighted by atomic mass is 16.3. The second kappa shape index (κ2) is 30.6. The van der Waals surface area contributed by atoms with Crippen molar-refractivity contribution in [2.75, 3.05) is 6.54 Å². The minimum atomic E-state index is -1.51. The first-order valence-corrected chi connectivity index (χ1v) is 20.3. The highest BCUT2D eigenvalue weighted by Crippen LogP contribution is 2.36. The van der Waals surface area contributed by atoms with Crippen LogP contribution in [0.1, 0.15) is 233 Å². The Labute approximate surface area is 282 Å². The molecule has 0 heterocycles. The summed E-state index contributed by atoms with van der Waals surface area (Å²) >= 11 is 0. The molecule has 0 fully saturated rings. The summed E-state index contributed by atoms with van der Waals surface area (Å²) in [6.45, 7) is 7.69. The minimum Gasteiger partial charge on any atom is -0.387 e. The van der Waals surface area contributed by atoms with E-state index in [1.54, 1.807) is 13.8 Å². The minimum absolute atomic E-state index is 0.0846. The summed E-state index contributed by atoms with van der Waals surface area (Å²) in [4.78, 5) is 26.7. The van der Waals surface area contributed by atoms with E-state index in [1.807, 2.05) is 0 Å². The SMILES string of the molecule is CCCCCCCCCCCCCCCCCC(=O)C(C)(C(=O)CCCCCCCCCCCCCCCCC)C(C)(O)CN. The summed E-state index contributed by atoms with van der Waals surface area (Å²) in [7, 11) is 0. The number of ketones is 2. The maximum absolute atomic E-state index is 13.4. The topological polar surface area (TPSA) is 80.4 Å². The lowest BCUT2D eigenvalue weighted by molar-refractivity contribution is -0.156. The molecule has 0 aromatic rings. The molecular weight excluding hydrogens is 554 g/mol. The van der Waals surface area contributed by atoms with Crippen molar-refractivity contribution in [1.82, 2.24) is 0 Å². The average molecular weight is 636 g/mol. The first-order chi connectivity index (χ1) is 21.8. The molecule has 3 N–H and O–H groups in total. The molecule has 0 saturated carbocycles. The molecule has 0 amide bonds. The van der Waals surface area contributed by atoms with Crippen LogP contribution in [0.4, 0.5) is 0 Å². The summed E-state index contributed by atoms with van der Waals surface area (Å²) in [6, 6.07) is 0. The van der Waals surface area contributed by atoms with Gasteiger partial charge in [0.1, 0.15) is 17.0 Å². The van der Waals surface area contributed by atoms with E-state index in [2.05, 4.69) is 13.8 Å². The number of hydrogen-bond acceptors (Lipinski definition) is 4. The van der Waals surface area contributed by atoms with E-state index in [9.17, 15) is 14.7 Å². The van der Waals surface area contributed by atoms with E-state index in [0.29, 0.717) is 12.8 Å². The van der Waals surface area contributed by atoms with Gasteiger partial charge in [0.05, 0.1) is 5.60 Å². The third-order valence-electron chi connectivity index (χ3n) is 10.6. The molecule has 0 radical (unpaired) electrons. The van der Waals surface area contributed by atoms with Gasteiger partial charge in [-0.2, -0.15) is 0 Å². The van der Waals surface area contributed by atoms with Gasteiger partial charge in [-0.3, -0.25) is 9.59 Å². The first-order valence-electron chi connectivity index (χ1n) is 20.3. The lowest BCUT2D eigenvalue weighted by atomic mass is 9.66. The molecule has 0 bridgehead atoms. The van der Waals surface area contributed by atoms with Crippen LogP contribution in [0.25, 0.3) is 0 Å². The van der Waals surface area contributed by atoms with Gasteiger partial charge in [0.25, 0.3) is 0 Å². The summed E-state index contributed by atoms with van der Waals surface area (Å²) in [6.07, 6.45) is 39.1. The normalized spacial score (nSPS) is 13.3. The van der Waals surface area contributed by atoms with Crippen LogP contribution in [0.3, 0.4) is 0 Å². The van der Waals surface area contributed by atoms with E-state index < -0.39 is 11.0 Å². The predicted octanol–water partition coefficient (Wildman–Crippen LogP) is 12.4. The summed E-state index contributed by atoms with van der Waals surface area (Å²) < 4.78 is 0. The Morgan fingerprint density at radius 1 is 0.422 bits per heavy atom. The van der Waals surface area contributed by atoms with Crippen molar-refractivity contribution < 1.29 is 14.7 Å². The zero-order chi connectivity index (χ0) is 33.5. The molecule has 4 heteroatoms. The Morgan fingerprint density at radius 2 is 0.622 bits per heavy atom. The van der Waals surface area contributed by atoms with Gasteiger partial charge >= 0.3 is 0 Å². The molecule has 4 nitrogen and oxygen atoms in total. The third-order valence-corrected chi connectivity index (χ3v) is 10.6. The van der Waals surface area contributed by atoms with Gasteiger partial charge < -0.3 is 10.8 Å². The van der Waals surface area contributed by atoms with Crippen molar-refractivity contribution in [3.63, 3.8) is 0 Å². The van der Waals surface area contributed by atoms with Crippen molar-refractivity contribution in [3.05, 3.63) is 0 Å². The van der Waals surface area contributed by atoms with Crippen LogP contribution in [0, 0.1) is 5.41 Å². The number of carbonyl (C=O) groups excluding carboxylic acids is 2. The first kappa shape index (κ1) is 44.3. The number of hydrogen-bond donors (Lipinski definition) is 2. The smallest absolute Gasteiger partial charge is 0.149 e. The molecule has 0 aliphatic rings. The van der Waals surface area contributed by atoms with E-state index in [1.165, 1.54) is 154 Å². The Bertz CT molecular complexity index is 628. The lowest BCUT2D eigenvalue weighted by Crippen LogP contribution is -2.58. The zero-order valence-corrected chi connectivity index (χ0v) is 31.2. The Kier molecular flexibility index (Phi) is 30.1. The van der Waals surface area contributed by atoms with Gasteiger partial charge in [-0.25, -0.2) is 0 Å². The largest absolute Gasteiger partial charge is 0.387 e. The van der Waals surface area contributed by atoms with E-state index in [0.717, 1.165) is 38.5 Å². The second-order valence-electron chi connectivity index (χ2n) is 14.8. The van der Waals surface area contributed by atoms with Gasteiger partial charge in [0.2, 0.25) is 0 Å².